The zero-order valence-electron chi connectivity index (χ0n) is 19.6. The molecule has 2 aromatic carbocycles. The van der Waals surface area contributed by atoms with Crippen LogP contribution in [-0.4, -0.2) is 65.5 Å². The normalized spacial score (nSPS) is 19.3. The molecule has 0 aliphatic carbocycles. The quantitative estimate of drug-likeness (QED) is 0.733. The van der Waals surface area contributed by atoms with Crippen molar-refractivity contribution in [2.24, 2.45) is 0 Å². The first-order chi connectivity index (χ1) is 16.4. The molecule has 3 amide bonds. The summed E-state index contributed by atoms with van der Waals surface area (Å²) in [6, 6.07) is 12.0. The predicted molar refractivity (Wildman–Crippen MR) is 125 cm³/mol. The number of amides is 3. The van der Waals surface area contributed by atoms with E-state index in [1.54, 1.807) is 21.9 Å². The van der Waals surface area contributed by atoms with E-state index in [2.05, 4.69) is 5.32 Å². The molecule has 0 aromatic heterocycles. The van der Waals surface area contributed by atoms with Crippen molar-refractivity contribution in [1.82, 2.24) is 15.1 Å². The van der Waals surface area contributed by atoms with E-state index in [0.29, 0.717) is 43.6 Å². The van der Waals surface area contributed by atoms with Crippen molar-refractivity contribution in [2.75, 3.05) is 26.2 Å². The van der Waals surface area contributed by atoms with Gasteiger partial charge >= 0.3 is 0 Å². The van der Waals surface area contributed by atoms with Crippen LogP contribution in [0.5, 0.6) is 0 Å². The molecule has 2 aliphatic rings. The summed E-state index contributed by atoms with van der Waals surface area (Å²) in [7, 11) is 0. The molecule has 2 fully saturated rings. The standard InChI is InChI=1S/C26H30FN3O4/c1-3-14-28-23(31)22-17-34-26(30(22)25(33)21-7-5-4-6-18(21)2)12-15-29(16-13-26)24(32)19-8-10-20(27)11-9-19/h4-11,22H,3,12-17H2,1-2H3,(H,28,31)/t22-/m0/s1. The lowest BCUT2D eigenvalue weighted by molar-refractivity contribution is -0.128. The fourth-order valence-corrected chi connectivity index (χ4v) is 4.71. The Balaban J connectivity index is 1.57. The van der Waals surface area contributed by atoms with E-state index in [-0.39, 0.29) is 24.3 Å². The summed E-state index contributed by atoms with van der Waals surface area (Å²) >= 11 is 0. The Hall–Kier alpha value is -3.26. The van der Waals surface area contributed by atoms with Crippen LogP contribution in [0.25, 0.3) is 0 Å². The molecule has 1 N–H and O–H groups in total. The second-order valence-electron chi connectivity index (χ2n) is 8.85. The Morgan fingerprint density at radius 3 is 2.38 bits per heavy atom. The topological polar surface area (TPSA) is 79.0 Å². The number of carbonyl (C=O) groups excluding carboxylic acids is 3. The van der Waals surface area contributed by atoms with Crippen LogP contribution < -0.4 is 5.32 Å². The second-order valence-corrected chi connectivity index (χ2v) is 8.85. The van der Waals surface area contributed by atoms with Crippen molar-refractivity contribution in [3.8, 4) is 0 Å². The van der Waals surface area contributed by atoms with Gasteiger partial charge in [0.2, 0.25) is 5.91 Å². The second kappa shape index (κ2) is 9.93. The van der Waals surface area contributed by atoms with E-state index >= 15 is 0 Å². The Kier molecular flexibility index (Phi) is 6.97. The summed E-state index contributed by atoms with van der Waals surface area (Å²) in [5.74, 6) is -1.07. The molecular formula is C26H30FN3O4. The van der Waals surface area contributed by atoms with Crippen LogP contribution in [0.4, 0.5) is 4.39 Å². The lowest BCUT2D eigenvalue weighted by Gasteiger charge is -2.44. The molecule has 0 saturated carbocycles. The highest BCUT2D eigenvalue weighted by Crippen LogP contribution is 2.39. The highest BCUT2D eigenvalue weighted by atomic mass is 19.1. The molecular weight excluding hydrogens is 437 g/mol. The van der Waals surface area contributed by atoms with Gasteiger partial charge in [-0.05, 0) is 49.2 Å². The van der Waals surface area contributed by atoms with Crippen LogP contribution in [0.1, 0.15) is 52.5 Å². The first-order valence-corrected chi connectivity index (χ1v) is 11.7. The van der Waals surface area contributed by atoms with Crippen LogP contribution in [0.2, 0.25) is 0 Å². The van der Waals surface area contributed by atoms with Gasteiger partial charge in [-0.2, -0.15) is 0 Å². The van der Waals surface area contributed by atoms with Gasteiger partial charge in [-0.3, -0.25) is 19.3 Å². The number of benzene rings is 2. The maximum Gasteiger partial charge on any atom is 0.257 e. The minimum Gasteiger partial charge on any atom is -0.354 e. The van der Waals surface area contributed by atoms with E-state index in [1.165, 1.54) is 24.3 Å². The number of nitrogens with one attached hydrogen (secondary N) is 1. The highest BCUT2D eigenvalue weighted by molar-refractivity contribution is 5.99. The van der Waals surface area contributed by atoms with E-state index in [9.17, 15) is 18.8 Å². The van der Waals surface area contributed by atoms with E-state index in [0.717, 1.165) is 12.0 Å². The van der Waals surface area contributed by atoms with Gasteiger partial charge in [-0.15, -0.1) is 0 Å². The Morgan fingerprint density at radius 2 is 1.74 bits per heavy atom. The number of hydrogen-bond donors (Lipinski definition) is 1. The summed E-state index contributed by atoms with van der Waals surface area (Å²) in [5, 5.41) is 2.89. The van der Waals surface area contributed by atoms with Gasteiger partial charge < -0.3 is 15.0 Å². The van der Waals surface area contributed by atoms with E-state index in [1.807, 2.05) is 26.0 Å². The number of halogens is 1. The molecule has 2 aliphatic heterocycles. The SMILES string of the molecule is CCCNC(=O)[C@@H]1COC2(CCN(C(=O)c3ccc(F)cc3)CC2)N1C(=O)c1ccccc1C. The lowest BCUT2D eigenvalue weighted by atomic mass is 9.95. The number of aryl methyl sites for hydroxylation is 1. The van der Waals surface area contributed by atoms with Crippen LogP contribution in [-0.2, 0) is 9.53 Å². The molecule has 180 valence electrons. The zero-order chi connectivity index (χ0) is 24.3. The van der Waals surface area contributed by atoms with Crippen molar-refractivity contribution >= 4 is 17.7 Å². The maximum atomic E-state index is 13.7. The van der Waals surface area contributed by atoms with Gasteiger partial charge in [0.05, 0.1) is 6.61 Å². The molecule has 2 saturated heterocycles. The van der Waals surface area contributed by atoms with Crippen LogP contribution >= 0.6 is 0 Å². The van der Waals surface area contributed by atoms with Crippen LogP contribution in [0.3, 0.4) is 0 Å². The zero-order valence-corrected chi connectivity index (χ0v) is 19.6. The lowest BCUT2D eigenvalue weighted by Crippen LogP contribution is -2.60. The molecule has 8 heteroatoms. The molecule has 2 heterocycles. The van der Waals surface area contributed by atoms with Crippen LogP contribution in [0.15, 0.2) is 48.5 Å². The first kappa shape index (κ1) is 23.9. The van der Waals surface area contributed by atoms with Gasteiger partial charge in [0.15, 0.2) is 0 Å². The molecule has 7 nitrogen and oxygen atoms in total. The summed E-state index contributed by atoms with van der Waals surface area (Å²) in [6.07, 6.45) is 1.56. The predicted octanol–water partition coefficient (Wildman–Crippen LogP) is 3.13. The maximum absolute atomic E-state index is 13.7. The number of rotatable bonds is 5. The molecule has 4 rings (SSSR count). The van der Waals surface area contributed by atoms with Gasteiger partial charge in [-0.1, -0.05) is 25.1 Å². The Morgan fingerprint density at radius 1 is 1.06 bits per heavy atom. The van der Waals surface area contributed by atoms with Gasteiger partial charge in [0, 0.05) is 43.6 Å². The number of piperidine rings is 1. The first-order valence-electron chi connectivity index (χ1n) is 11.7. The summed E-state index contributed by atoms with van der Waals surface area (Å²) in [4.78, 5) is 42.9. The third kappa shape index (κ3) is 4.55. The third-order valence-corrected chi connectivity index (χ3v) is 6.63. The van der Waals surface area contributed by atoms with E-state index < -0.39 is 17.6 Å². The fraction of sp³-hybridized carbons (Fsp3) is 0.423. The van der Waals surface area contributed by atoms with E-state index in [4.69, 9.17) is 4.74 Å². The molecule has 1 atom stereocenters. The minimum absolute atomic E-state index is 0.110. The van der Waals surface area contributed by atoms with Crippen molar-refractivity contribution < 1.29 is 23.5 Å². The Labute approximate surface area is 198 Å². The molecule has 1 spiro atoms. The summed E-state index contributed by atoms with van der Waals surface area (Å²) in [5.41, 5.74) is 0.804. The number of hydrogen-bond acceptors (Lipinski definition) is 4. The minimum atomic E-state index is -0.965. The average molecular weight is 468 g/mol. The number of likely N-dealkylation sites (tertiary alicyclic amines) is 1. The van der Waals surface area contributed by atoms with Gasteiger partial charge in [0.1, 0.15) is 17.6 Å². The summed E-state index contributed by atoms with van der Waals surface area (Å²) < 4.78 is 19.4. The molecule has 0 unspecified atom stereocenters. The Bertz CT molecular complexity index is 1060. The summed E-state index contributed by atoms with van der Waals surface area (Å²) in [6.45, 7) is 5.19. The third-order valence-electron chi connectivity index (χ3n) is 6.63. The van der Waals surface area contributed by atoms with Crippen LogP contribution in [0, 0.1) is 12.7 Å². The molecule has 0 bridgehead atoms. The highest BCUT2D eigenvalue weighted by Gasteiger charge is 2.54. The molecule has 34 heavy (non-hydrogen) atoms. The van der Waals surface area contributed by atoms with Crippen molar-refractivity contribution in [3.05, 3.63) is 71.0 Å². The number of ether oxygens (including phenoxy) is 1. The smallest absolute Gasteiger partial charge is 0.257 e. The largest absolute Gasteiger partial charge is 0.354 e. The van der Waals surface area contributed by atoms with Crippen molar-refractivity contribution in [3.63, 3.8) is 0 Å². The average Bonchev–Trinajstić information content (AvgIpc) is 3.21. The van der Waals surface area contributed by atoms with Crippen molar-refractivity contribution in [1.29, 1.82) is 0 Å². The fourth-order valence-electron chi connectivity index (χ4n) is 4.71. The number of carbonyl (C=O) groups is 3. The van der Waals surface area contributed by atoms with Crippen molar-refractivity contribution in [2.45, 2.75) is 44.9 Å². The molecule has 2 aromatic rings. The van der Waals surface area contributed by atoms with Gasteiger partial charge in [0.25, 0.3) is 11.8 Å². The monoisotopic (exact) mass is 467 g/mol. The number of nitrogens with zero attached hydrogens (tertiary/aromatic N) is 2. The molecule has 0 radical (unpaired) electrons. The van der Waals surface area contributed by atoms with Gasteiger partial charge in [-0.25, -0.2) is 4.39 Å².